The fraction of sp³-hybridized carbons (Fsp3) is 0.519. The second-order valence-electron chi connectivity index (χ2n) is 9.93. The normalized spacial score (nSPS) is 19.6. The highest BCUT2D eigenvalue weighted by atomic mass is 16.4. The summed E-state index contributed by atoms with van der Waals surface area (Å²) in [4.78, 5) is 57.4. The Labute approximate surface area is 223 Å². The topological polar surface area (TPSA) is 180 Å². The molecule has 0 unspecified atom stereocenters. The molecule has 2 rings (SSSR count). The highest BCUT2D eigenvalue weighted by molar-refractivity contribution is 5.99. The number of carbonyl (C=O) groups is 4. The average Bonchev–Trinajstić information content (AvgIpc) is 3.21. The number of nitrogens with zero attached hydrogens (tertiary/aromatic N) is 2. The van der Waals surface area contributed by atoms with Crippen molar-refractivity contribution in [2.45, 2.75) is 65.1 Å². The van der Waals surface area contributed by atoms with Crippen LogP contribution in [0.5, 0.6) is 0 Å². The van der Waals surface area contributed by atoms with Crippen molar-refractivity contribution in [3.8, 4) is 0 Å². The molecule has 0 saturated carbocycles. The van der Waals surface area contributed by atoms with Crippen LogP contribution in [0.2, 0.25) is 0 Å². The van der Waals surface area contributed by atoms with E-state index in [9.17, 15) is 24.3 Å². The van der Waals surface area contributed by atoms with Gasteiger partial charge in [-0.25, -0.2) is 4.79 Å². The number of guanidine groups is 1. The van der Waals surface area contributed by atoms with Crippen LogP contribution in [0.4, 0.5) is 0 Å². The minimum atomic E-state index is -1.13. The maximum absolute atomic E-state index is 13.9. The van der Waals surface area contributed by atoms with Gasteiger partial charge < -0.3 is 32.1 Å². The molecular formula is C27H40N6O5. The smallest absolute Gasteiger partial charge is 0.326 e. The summed E-state index contributed by atoms with van der Waals surface area (Å²) in [7, 11) is 0. The quantitative estimate of drug-likeness (QED) is 0.117. The summed E-state index contributed by atoms with van der Waals surface area (Å²) in [5.41, 5.74) is 12.1. The van der Waals surface area contributed by atoms with Crippen molar-refractivity contribution in [1.82, 2.24) is 15.5 Å². The molecule has 1 fully saturated rings. The van der Waals surface area contributed by atoms with Gasteiger partial charge in [-0.3, -0.25) is 19.4 Å². The molecule has 38 heavy (non-hydrogen) atoms. The second-order valence-corrected chi connectivity index (χ2v) is 9.93. The van der Waals surface area contributed by atoms with Crippen LogP contribution in [0.25, 0.3) is 0 Å². The minimum Gasteiger partial charge on any atom is -0.480 e. The molecule has 1 aliphatic rings. The maximum atomic E-state index is 13.9. The number of hydrogen-bond acceptors (Lipinski definition) is 5. The minimum absolute atomic E-state index is 0.0454. The lowest BCUT2D eigenvalue weighted by Gasteiger charge is -2.30. The number of likely N-dealkylation sites (tertiary alicyclic amines) is 1. The van der Waals surface area contributed by atoms with Gasteiger partial charge in [-0.2, -0.15) is 0 Å². The Morgan fingerprint density at radius 1 is 1.13 bits per heavy atom. The fourth-order valence-electron chi connectivity index (χ4n) is 4.59. The highest BCUT2D eigenvalue weighted by Crippen LogP contribution is 2.30. The standard InChI is InChI=1S/C27H40N6O5/c1-5-18-15-33(22(17(18)4)24(35)32-21(26(37)38)14-16(2)3)25(36)20(12-9-13-30-27(28)29)31-23(34)19-10-7-6-8-11-19/h5-8,10-11,16-17,20-22H,9,12-15H2,1-4H3,(H,31,34)(H,32,35)(H,37,38)(H4,28,29,30)/b18-5+/t17-,20-,21-,22+/m0/s1. The maximum Gasteiger partial charge on any atom is 0.326 e. The molecule has 0 aromatic heterocycles. The number of rotatable bonds is 12. The van der Waals surface area contributed by atoms with Crippen molar-refractivity contribution >= 4 is 29.7 Å². The number of hydrogen-bond donors (Lipinski definition) is 5. The Hall–Kier alpha value is -3.89. The van der Waals surface area contributed by atoms with Gasteiger partial charge in [-0.1, -0.05) is 45.0 Å². The van der Waals surface area contributed by atoms with Crippen molar-refractivity contribution in [2.75, 3.05) is 13.1 Å². The van der Waals surface area contributed by atoms with Crippen molar-refractivity contribution in [2.24, 2.45) is 28.3 Å². The van der Waals surface area contributed by atoms with Crippen LogP contribution in [0.1, 0.15) is 57.3 Å². The first-order valence-electron chi connectivity index (χ1n) is 12.9. The molecule has 1 aromatic rings. The number of aliphatic imine (C=N–C) groups is 1. The van der Waals surface area contributed by atoms with Gasteiger partial charge in [0, 0.05) is 24.6 Å². The predicted octanol–water partition coefficient (Wildman–Crippen LogP) is 1.25. The summed E-state index contributed by atoms with van der Waals surface area (Å²) in [5.74, 6) is -2.88. The van der Waals surface area contributed by atoms with Gasteiger partial charge in [0.25, 0.3) is 5.91 Å². The molecule has 7 N–H and O–H groups in total. The Morgan fingerprint density at radius 2 is 1.79 bits per heavy atom. The number of allylic oxidation sites excluding steroid dienone is 1. The lowest BCUT2D eigenvalue weighted by atomic mass is 9.96. The van der Waals surface area contributed by atoms with E-state index in [-0.39, 0.29) is 43.7 Å². The molecule has 11 heteroatoms. The van der Waals surface area contributed by atoms with Crippen LogP contribution in [0.15, 0.2) is 47.0 Å². The van der Waals surface area contributed by atoms with E-state index in [0.29, 0.717) is 12.0 Å². The highest BCUT2D eigenvalue weighted by Gasteiger charge is 2.44. The van der Waals surface area contributed by atoms with E-state index < -0.39 is 41.8 Å². The zero-order valence-electron chi connectivity index (χ0n) is 22.5. The Kier molecular flexibility index (Phi) is 11.3. The number of nitrogens with two attached hydrogens (primary N) is 2. The van der Waals surface area contributed by atoms with Gasteiger partial charge in [-0.15, -0.1) is 0 Å². The van der Waals surface area contributed by atoms with E-state index in [1.54, 1.807) is 30.3 Å². The molecule has 0 aliphatic carbocycles. The van der Waals surface area contributed by atoms with Crippen molar-refractivity contribution in [3.63, 3.8) is 0 Å². The Bertz CT molecular complexity index is 1050. The molecular weight excluding hydrogens is 488 g/mol. The van der Waals surface area contributed by atoms with Crippen molar-refractivity contribution in [3.05, 3.63) is 47.5 Å². The van der Waals surface area contributed by atoms with Gasteiger partial charge in [0.2, 0.25) is 11.8 Å². The molecule has 208 valence electrons. The van der Waals surface area contributed by atoms with Crippen LogP contribution in [-0.2, 0) is 14.4 Å². The van der Waals surface area contributed by atoms with Crippen LogP contribution in [0.3, 0.4) is 0 Å². The van der Waals surface area contributed by atoms with Crippen LogP contribution >= 0.6 is 0 Å². The first-order valence-corrected chi connectivity index (χ1v) is 12.9. The molecule has 0 radical (unpaired) electrons. The van der Waals surface area contributed by atoms with Crippen LogP contribution in [0, 0.1) is 11.8 Å². The summed E-state index contributed by atoms with van der Waals surface area (Å²) < 4.78 is 0. The summed E-state index contributed by atoms with van der Waals surface area (Å²) >= 11 is 0. The molecule has 0 spiro atoms. The fourth-order valence-corrected chi connectivity index (χ4v) is 4.59. The van der Waals surface area contributed by atoms with E-state index in [1.165, 1.54) is 4.90 Å². The third-order valence-electron chi connectivity index (χ3n) is 6.58. The van der Waals surface area contributed by atoms with E-state index in [2.05, 4.69) is 15.6 Å². The van der Waals surface area contributed by atoms with E-state index >= 15 is 0 Å². The van der Waals surface area contributed by atoms with Gasteiger partial charge in [0.05, 0.1) is 0 Å². The van der Waals surface area contributed by atoms with Gasteiger partial charge >= 0.3 is 5.97 Å². The van der Waals surface area contributed by atoms with Crippen LogP contribution in [-0.4, -0.2) is 70.9 Å². The summed E-state index contributed by atoms with van der Waals surface area (Å²) in [6.07, 6.45) is 2.77. The van der Waals surface area contributed by atoms with Crippen molar-refractivity contribution < 1.29 is 24.3 Å². The molecule has 0 bridgehead atoms. The number of benzene rings is 1. The number of amides is 3. The number of carboxylic acids is 1. The Morgan fingerprint density at radius 3 is 2.34 bits per heavy atom. The molecule has 4 atom stereocenters. The number of aliphatic carboxylic acids is 1. The molecule has 3 amide bonds. The summed E-state index contributed by atoms with van der Waals surface area (Å²) in [6.45, 7) is 7.87. The predicted molar refractivity (Wildman–Crippen MR) is 145 cm³/mol. The third kappa shape index (κ3) is 8.32. The molecule has 11 nitrogen and oxygen atoms in total. The van der Waals surface area contributed by atoms with Crippen molar-refractivity contribution in [1.29, 1.82) is 0 Å². The second kappa shape index (κ2) is 14.2. The first kappa shape index (κ1) is 30.3. The summed E-state index contributed by atoms with van der Waals surface area (Å²) in [5, 5.41) is 15.1. The molecule has 1 aliphatic heterocycles. The number of carboxylic acid groups (broad SMARTS) is 1. The largest absolute Gasteiger partial charge is 0.480 e. The average molecular weight is 529 g/mol. The summed E-state index contributed by atoms with van der Waals surface area (Å²) in [6, 6.07) is 5.58. The molecule has 1 aromatic carbocycles. The molecule has 1 saturated heterocycles. The van der Waals surface area contributed by atoms with E-state index in [0.717, 1.165) is 5.57 Å². The third-order valence-corrected chi connectivity index (χ3v) is 6.58. The lowest BCUT2D eigenvalue weighted by Crippen LogP contribution is -2.56. The van der Waals surface area contributed by atoms with E-state index in [4.69, 9.17) is 11.5 Å². The monoisotopic (exact) mass is 528 g/mol. The Balaban J connectivity index is 2.33. The van der Waals surface area contributed by atoms with Crippen LogP contribution < -0.4 is 22.1 Å². The van der Waals surface area contributed by atoms with E-state index in [1.807, 2.05) is 33.8 Å². The van der Waals surface area contributed by atoms with Gasteiger partial charge in [-0.05, 0) is 49.8 Å². The zero-order chi connectivity index (χ0) is 28.4. The first-order chi connectivity index (χ1) is 18.0. The molecule has 1 heterocycles. The number of nitrogens with one attached hydrogen (secondary N) is 2. The SMILES string of the molecule is C/C=C1\CN(C(=O)[C@H](CCCN=C(N)N)NC(=O)c2ccccc2)[C@@H](C(=O)N[C@@H](CC(C)C)C(=O)O)[C@H]1C. The number of carbonyl (C=O) groups excluding carboxylic acids is 3. The van der Waals surface area contributed by atoms with Gasteiger partial charge in [0.15, 0.2) is 5.96 Å². The lowest BCUT2D eigenvalue weighted by molar-refractivity contribution is -0.145. The zero-order valence-corrected chi connectivity index (χ0v) is 22.5. The van der Waals surface area contributed by atoms with Gasteiger partial charge in [0.1, 0.15) is 18.1 Å².